The Balaban J connectivity index is 0.00000729. The number of rotatable bonds is 9. The van der Waals surface area contributed by atoms with E-state index in [2.05, 4.69) is 15.6 Å². The minimum Gasteiger partial charge on any atom is -0.497 e. The maximum absolute atomic E-state index is 12.2. The largest absolute Gasteiger partial charge is 0.497 e. The molecule has 0 bridgehead atoms. The Labute approximate surface area is 186 Å². The summed E-state index contributed by atoms with van der Waals surface area (Å²) < 4.78 is 34.6. The molecule has 162 valence electrons. The number of guanidine groups is 1. The summed E-state index contributed by atoms with van der Waals surface area (Å²) in [5, 5.41) is 6.18. The maximum atomic E-state index is 12.2. The quantitative estimate of drug-likeness (QED) is 0.292. The van der Waals surface area contributed by atoms with Gasteiger partial charge in [0, 0.05) is 19.2 Å². The highest BCUT2D eigenvalue weighted by Crippen LogP contribution is 2.20. The van der Waals surface area contributed by atoms with E-state index in [0.29, 0.717) is 31.3 Å². The lowest BCUT2D eigenvalue weighted by Gasteiger charge is -2.20. The van der Waals surface area contributed by atoms with Crippen molar-refractivity contribution in [1.29, 1.82) is 0 Å². The van der Waals surface area contributed by atoms with E-state index < -0.39 is 14.6 Å². The van der Waals surface area contributed by atoms with Crippen molar-refractivity contribution < 1.29 is 17.9 Å². The molecule has 0 spiro atoms. The van der Waals surface area contributed by atoms with Crippen molar-refractivity contribution in [3.8, 4) is 11.5 Å². The zero-order chi connectivity index (χ0) is 20.5. The molecule has 0 aromatic heterocycles. The highest BCUT2D eigenvalue weighted by Gasteiger charge is 2.28. The van der Waals surface area contributed by atoms with Gasteiger partial charge in [-0.1, -0.05) is 6.07 Å². The van der Waals surface area contributed by atoms with Crippen LogP contribution in [0.2, 0.25) is 0 Å². The molecule has 2 N–H and O–H groups in total. The van der Waals surface area contributed by atoms with Crippen molar-refractivity contribution in [2.24, 2.45) is 4.99 Å². The third-order valence-corrected chi connectivity index (χ3v) is 6.43. The van der Waals surface area contributed by atoms with Gasteiger partial charge in [0.15, 0.2) is 15.8 Å². The van der Waals surface area contributed by atoms with Crippen LogP contribution < -0.4 is 20.1 Å². The van der Waals surface area contributed by atoms with Crippen LogP contribution in [0.3, 0.4) is 0 Å². The molecule has 1 aromatic rings. The first-order chi connectivity index (χ1) is 12.6. The van der Waals surface area contributed by atoms with E-state index in [1.165, 1.54) is 0 Å². The molecule has 0 fully saturated rings. The minimum atomic E-state index is -3.17. The van der Waals surface area contributed by atoms with Crippen molar-refractivity contribution >= 4 is 39.8 Å². The summed E-state index contributed by atoms with van der Waals surface area (Å²) in [6.45, 7) is 10.4. The number of halogens is 1. The van der Waals surface area contributed by atoms with Gasteiger partial charge in [-0.15, -0.1) is 24.0 Å². The first kappa shape index (κ1) is 26.8. The second kappa shape index (κ2) is 12.4. The molecule has 0 radical (unpaired) electrons. The zero-order valence-electron chi connectivity index (χ0n) is 17.6. The number of sulfone groups is 1. The summed E-state index contributed by atoms with van der Waals surface area (Å²) in [7, 11) is -1.56. The Bertz CT molecular complexity index is 718. The Morgan fingerprint density at radius 1 is 1.21 bits per heavy atom. The molecule has 28 heavy (non-hydrogen) atoms. The fourth-order valence-electron chi connectivity index (χ4n) is 2.12. The molecule has 1 atom stereocenters. The molecule has 0 saturated carbocycles. The smallest absolute Gasteiger partial charge is 0.191 e. The third kappa shape index (κ3) is 9.31. The van der Waals surface area contributed by atoms with Crippen LogP contribution in [0.25, 0.3) is 0 Å². The van der Waals surface area contributed by atoms with Crippen LogP contribution in [0.1, 0.15) is 34.6 Å². The number of nitrogens with one attached hydrogen (secondary N) is 2. The van der Waals surface area contributed by atoms with Gasteiger partial charge in [0.05, 0.1) is 24.2 Å². The number of benzene rings is 1. The van der Waals surface area contributed by atoms with Gasteiger partial charge in [-0.05, 0) is 46.8 Å². The lowest BCUT2D eigenvalue weighted by Crippen LogP contribution is -2.42. The Kier molecular flexibility index (Phi) is 11.8. The van der Waals surface area contributed by atoms with Gasteiger partial charge in [-0.2, -0.15) is 0 Å². The normalized spacial score (nSPS) is 13.3. The fraction of sp³-hybridized carbons (Fsp3) is 0.632. The van der Waals surface area contributed by atoms with Crippen molar-refractivity contribution in [2.75, 3.05) is 32.5 Å². The van der Waals surface area contributed by atoms with Gasteiger partial charge in [0.2, 0.25) is 0 Å². The van der Waals surface area contributed by atoms with Gasteiger partial charge >= 0.3 is 0 Å². The van der Waals surface area contributed by atoms with Crippen LogP contribution in [0, 0.1) is 0 Å². The topological polar surface area (TPSA) is 89.0 Å². The number of methoxy groups -OCH3 is 1. The fourth-order valence-corrected chi connectivity index (χ4v) is 3.10. The number of hydrogen-bond acceptors (Lipinski definition) is 5. The molecule has 0 saturated heterocycles. The number of aliphatic imine (C=N–C) groups is 1. The predicted octanol–water partition coefficient (Wildman–Crippen LogP) is 2.85. The van der Waals surface area contributed by atoms with Crippen LogP contribution in [0.4, 0.5) is 0 Å². The first-order valence-electron chi connectivity index (χ1n) is 9.14. The summed E-state index contributed by atoms with van der Waals surface area (Å²) >= 11 is 0. The molecule has 0 heterocycles. The summed E-state index contributed by atoms with van der Waals surface area (Å²) in [5.74, 6) is 2.07. The van der Waals surface area contributed by atoms with Crippen LogP contribution in [0.5, 0.6) is 11.5 Å². The van der Waals surface area contributed by atoms with Crippen molar-refractivity contribution in [1.82, 2.24) is 10.6 Å². The van der Waals surface area contributed by atoms with Crippen LogP contribution >= 0.6 is 24.0 Å². The number of ether oxygens (including phenoxy) is 2. The van der Waals surface area contributed by atoms with E-state index in [9.17, 15) is 8.42 Å². The molecule has 0 aliphatic carbocycles. The molecule has 1 rings (SSSR count). The highest BCUT2D eigenvalue weighted by molar-refractivity contribution is 14.0. The SMILES string of the molecule is CCNC(=NCC(C)Oc1cccc(OC)c1)NCCS(=O)(=O)C(C)(C)C.I. The van der Waals surface area contributed by atoms with E-state index in [1.54, 1.807) is 27.9 Å². The summed E-state index contributed by atoms with van der Waals surface area (Å²) in [6, 6.07) is 7.41. The molecule has 1 aromatic carbocycles. The molecular formula is C19H34IN3O4S. The molecule has 9 heteroatoms. The molecule has 1 unspecified atom stereocenters. The monoisotopic (exact) mass is 527 g/mol. The Morgan fingerprint density at radius 2 is 1.86 bits per heavy atom. The average Bonchev–Trinajstić information content (AvgIpc) is 2.58. The highest BCUT2D eigenvalue weighted by atomic mass is 127. The van der Waals surface area contributed by atoms with Gasteiger partial charge in [-0.3, -0.25) is 0 Å². The van der Waals surface area contributed by atoms with E-state index in [4.69, 9.17) is 9.47 Å². The number of nitrogens with zero attached hydrogens (tertiary/aromatic N) is 1. The van der Waals surface area contributed by atoms with E-state index in [-0.39, 0.29) is 35.8 Å². The van der Waals surface area contributed by atoms with Crippen molar-refractivity contribution in [3.63, 3.8) is 0 Å². The standard InChI is InChI=1S/C19H33N3O4S.HI/c1-7-20-18(21-11-12-27(23,24)19(3,4)5)22-14-15(2)26-17-10-8-9-16(13-17)25-6;/h8-10,13,15H,7,11-12,14H2,1-6H3,(H2,20,21,22);1H. The van der Waals surface area contributed by atoms with Crippen LogP contribution in [-0.4, -0.2) is 57.7 Å². The van der Waals surface area contributed by atoms with E-state index >= 15 is 0 Å². The third-order valence-electron chi connectivity index (χ3n) is 3.83. The molecule has 0 amide bonds. The molecule has 7 nitrogen and oxygen atoms in total. The van der Waals surface area contributed by atoms with Crippen LogP contribution in [-0.2, 0) is 9.84 Å². The summed E-state index contributed by atoms with van der Waals surface area (Å²) in [4.78, 5) is 4.48. The van der Waals surface area contributed by atoms with Gasteiger partial charge in [0.25, 0.3) is 0 Å². The molecule has 0 aliphatic heterocycles. The second-order valence-corrected chi connectivity index (χ2v) is 10.0. The lowest BCUT2D eigenvalue weighted by atomic mass is 10.3. The Morgan fingerprint density at radius 3 is 2.43 bits per heavy atom. The molecule has 0 aliphatic rings. The Hall–Kier alpha value is -1.23. The van der Waals surface area contributed by atoms with E-state index in [0.717, 1.165) is 5.75 Å². The van der Waals surface area contributed by atoms with Gasteiger partial charge in [0.1, 0.15) is 17.6 Å². The second-order valence-electron chi connectivity index (χ2n) is 7.19. The zero-order valence-corrected chi connectivity index (χ0v) is 20.8. The maximum Gasteiger partial charge on any atom is 0.191 e. The first-order valence-corrected chi connectivity index (χ1v) is 10.8. The predicted molar refractivity (Wildman–Crippen MR) is 126 cm³/mol. The summed E-state index contributed by atoms with van der Waals surface area (Å²) in [5.41, 5.74) is 0. The van der Waals surface area contributed by atoms with E-state index in [1.807, 2.05) is 38.1 Å². The van der Waals surface area contributed by atoms with Crippen LogP contribution in [0.15, 0.2) is 29.3 Å². The van der Waals surface area contributed by atoms with Crippen molar-refractivity contribution in [3.05, 3.63) is 24.3 Å². The van der Waals surface area contributed by atoms with Gasteiger partial charge in [-0.25, -0.2) is 13.4 Å². The van der Waals surface area contributed by atoms with Gasteiger partial charge < -0.3 is 20.1 Å². The molecular weight excluding hydrogens is 493 g/mol. The summed E-state index contributed by atoms with van der Waals surface area (Å²) in [6.07, 6.45) is -0.147. The lowest BCUT2D eigenvalue weighted by molar-refractivity contribution is 0.229. The minimum absolute atomic E-state index is 0. The number of hydrogen-bond donors (Lipinski definition) is 2. The van der Waals surface area contributed by atoms with Crippen molar-refractivity contribution in [2.45, 2.75) is 45.5 Å². The average molecular weight is 527 g/mol.